The highest BCUT2D eigenvalue weighted by atomic mass is 16.5. The number of benzene rings is 2. The van der Waals surface area contributed by atoms with E-state index in [2.05, 4.69) is 15.6 Å². The van der Waals surface area contributed by atoms with Crippen molar-refractivity contribution in [2.24, 2.45) is 0 Å². The number of aryl methyl sites for hydroxylation is 1. The SMILES string of the molecule is CCOC(=O)c1cnc2ccc(C(=O)NC(C)C)cc2c1Nc1ccc(C)cc1. The van der Waals surface area contributed by atoms with Crippen LogP contribution in [-0.4, -0.2) is 29.5 Å². The van der Waals surface area contributed by atoms with Gasteiger partial charge in [-0.15, -0.1) is 0 Å². The number of hydrogen-bond acceptors (Lipinski definition) is 5. The Morgan fingerprint density at radius 2 is 1.83 bits per heavy atom. The molecule has 2 aromatic carbocycles. The highest BCUT2D eigenvalue weighted by molar-refractivity contribution is 6.08. The maximum Gasteiger partial charge on any atom is 0.341 e. The fraction of sp³-hybridized carbons (Fsp3) is 0.261. The minimum atomic E-state index is -0.464. The fourth-order valence-corrected chi connectivity index (χ4v) is 2.96. The van der Waals surface area contributed by atoms with Crippen molar-refractivity contribution in [1.29, 1.82) is 0 Å². The molecule has 6 heteroatoms. The Hall–Kier alpha value is -3.41. The summed E-state index contributed by atoms with van der Waals surface area (Å²) in [6.45, 7) is 7.84. The fourth-order valence-electron chi connectivity index (χ4n) is 2.96. The average Bonchev–Trinajstić information content (AvgIpc) is 2.69. The molecule has 0 spiro atoms. The van der Waals surface area contributed by atoms with Crippen molar-refractivity contribution >= 4 is 34.2 Å². The third-order valence-corrected chi connectivity index (χ3v) is 4.37. The molecule has 1 amide bonds. The molecule has 150 valence electrons. The van der Waals surface area contributed by atoms with Crippen LogP contribution in [0.15, 0.2) is 48.7 Å². The van der Waals surface area contributed by atoms with E-state index in [-0.39, 0.29) is 18.6 Å². The van der Waals surface area contributed by atoms with Crippen LogP contribution in [0.1, 0.15) is 47.1 Å². The number of pyridine rings is 1. The first-order valence-corrected chi connectivity index (χ1v) is 9.63. The Bertz CT molecular complexity index is 1040. The second-order valence-electron chi connectivity index (χ2n) is 7.12. The predicted molar refractivity (Wildman–Crippen MR) is 115 cm³/mol. The number of carbonyl (C=O) groups excluding carboxylic acids is 2. The lowest BCUT2D eigenvalue weighted by molar-refractivity contribution is 0.0527. The van der Waals surface area contributed by atoms with E-state index in [1.54, 1.807) is 25.1 Å². The quantitative estimate of drug-likeness (QED) is 0.600. The van der Waals surface area contributed by atoms with E-state index in [1.165, 1.54) is 6.20 Å². The molecule has 0 aliphatic heterocycles. The van der Waals surface area contributed by atoms with Crippen molar-refractivity contribution in [1.82, 2.24) is 10.3 Å². The molecule has 2 N–H and O–H groups in total. The summed E-state index contributed by atoms with van der Waals surface area (Å²) in [5.41, 5.74) is 4.02. The van der Waals surface area contributed by atoms with Crippen LogP contribution in [-0.2, 0) is 4.74 Å². The second kappa shape index (κ2) is 8.73. The smallest absolute Gasteiger partial charge is 0.341 e. The van der Waals surface area contributed by atoms with Gasteiger partial charge in [0.2, 0.25) is 0 Å². The number of aromatic nitrogens is 1. The van der Waals surface area contributed by atoms with Crippen LogP contribution in [0.25, 0.3) is 10.9 Å². The predicted octanol–water partition coefficient (Wildman–Crippen LogP) is 4.60. The summed E-state index contributed by atoms with van der Waals surface area (Å²) in [5.74, 6) is -0.640. The Kier molecular flexibility index (Phi) is 6.12. The Morgan fingerprint density at radius 1 is 1.10 bits per heavy atom. The number of amides is 1. The van der Waals surface area contributed by atoms with E-state index in [0.717, 1.165) is 11.3 Å². The number of hydrogen-bond donors (Lipinski definition) is 2. The number of nitrogens with zero attached hydrogens (tertiary/aromatic N) is 1. The Labute approximate surface area is 170 Å². The van der Waals surface area contributed by atoms with Crippen molar-refractivity contribution < 1.29 is 14.3 Å². The lowest BCUT2D eigenvalue weighted by Gasteiger charge is -2.15. The lowest BCUT2D eigenvalue weighted by Crippen LogP contribution is -2.30. The molecular weight excluding hydrogens is 366 g/mol. The summed E-state index contributed by atoms with van der Waals surface area (Å²) in [7, 11) is 0. The van der Waals surface area contributed by atoms with Crippen LogP contribution >= 0.6 is 0 Å². The minimum Gasteiger partial charge on any atom is -0.462 e. The number of fused-ring (bicyclic) bond motifs is 1. The second-order valence-corrected chi connectivity index (χ2v) is 7.12. The molecule has 0 radical (unpaired) electrons. The average molecular weight is 391 g/mol. The van der Waals surface area contributed by atoms with Gasteiger partial charge in [0.25, 0.3) is 5.91 Å². The minimum absolute atomic E-state index is 0.0207. The van der Waals surface area contributed by atoms with E-state index in [9.17, 15) is 9.59 Å². The van der Waals surface area contributed by atoms with Gasteiger partial charge in [0.05, 0.1) is 17.8 Å². The highest BCUT2D eigenvalue weighted by Crippen LogP contribution is 2.30. The molecular formula is C23H25N3O3. The number of ether oxygens (including phenoxy) is 1. The summed E-state index contributed by atoms with van der Waals surface area (Å²) in [4.78, 5) is 29.4. The van der Waals surface area contributed by atoms with Crippen molar-refractivity contribution in [3.8, 4) is 0 Å². The normalized spacial score (nSPS) is 10.8. The number of nitrogens with one attached hydrogen (secondary N) is 2. The summed E-state index contributed by atoms with van der Waals surface area (Å²) < 4.78 is 5.21. The third-order valence-electron chi connectivity index (χ3n) is 4.37. The van der Waals surface area contributed by atoms with Gasteiger partial charge in [-0.2, -0.15) is 0 Å². The first-order valence-electron chi connectivity index (χ1n) is 9.63. The number of rotatable bonds is 6. The van der Waals surface area contributed by atoms with E-state index in [4.69, 9.17) is 4.74 Å². The standard InChI is InChI=1S/C23H25N3O3/c1-5-29-23(28)19-13-24-20-11-8-16(22(27)25-14(2)3)12-18(20)21(19)26-17-9-6-15(4)7-10-17/h6-14H,5H2,1-4H3,(H,24,26)(H,25,27). The van der Waals surface area contributed by atoms with Crippen LogP contribution in [0, 0.1) is 6.92 Å². The summed E-state index contributed by atoms with van der Waals surface area (Å²) in [5, 5.41) is 6.88. The molecule has 1 aromatic heterocycles. The highest BCUT2D eigenvalue weighted by Gasteiger charge is 2.18. The van der Waals surface area contributed by atoms with Gasteiger partial charge in [0.1, 0.15) is 5.56 Å². The van der Waals surface area contributed by atoms with E-state index in [0.29, 0.717) is 27.7 Å². The topological polar surface area (TPSA) is 80.3 Å². The first kappa shape index (κ1) is 20.3. The van der Waals surface area contributed by atoms with Gasteiger partial charge < -0.3 is 15.4 Å². The third kappa shape index (κ3) is 4.71. The summed E-state index contributed by atoms with van der Waals surface area (Å²) in [6.07, 6.45) is 1.50. The molecule has 0 saturated carbocycles. The van der Waals surface area contributed by atoms with Gasteiger partial charge in [0.15, 0.2) is 0 Å². The lowest BCUT2D eigenvalue weighted by atomic mass is 10.0. The maximum atomic E-state index is 12.5. The summed E-state index contributed by atoms with van der Waals surface area (Å²) >= 11 is 0. The van der Waals surface area contributed by atoms with Crippen LogP contribution in [0.5, 0.6) is 0 Å². The molecule has 0 aliphatic rings. The van der Waals surface area contributed by atoms with Gasteiger partial charge in [-0.25, -0.2) is 4.79 Å². The van der Waals surface area contributed by atoms with E-state index in [1.807, 2.05) is 45.0 Å². The number of anilines is 2. The molecule has 3 rings (SSSR count). The first-order chi connectivity index (χ1) is 13.9. The molecule has 29 heavy (non-hydrogen) atoms. The zero-order valence-corrected chi connectivity index (χ0v) is 17.1. The maximum absolute atomic E-state index is 12.5. The molecule has 0 bridgehead atoms. The van der Waals surface area contributed by atoms with Crippen LogP contribution in [0.4, 0.5) is 11.4 Å². The molecule has 6 nitrogen and oxygen atoms in total. The van der Waals surface area contributed by atoms with Crippen LogP contribution in [0.3, 0.4) is 0 Å². The van der Waals surface area contributed by atoms with Gasteiger partial charge >= 0.3 is 5.97 Å². The molecule has 0 fully saturated rings. The van der Waals surface area contributed by atoms with Crippen LogP contribution in [0.2, 0.25) is 0 Å². The Balaban J connectivity index is 2.14. The number of carbonyl (C=O) groups is 2. The van der Waals surface area contributed by atoms with Crippen molar-refractivity contribution in [3.63, 3.8) is 0 Å². The van der Waals surface area contributed by atoms with Gasteiger partial charge in [-0.1, -0.05) is 17.7 Å². The molecule has 0 atom stereocenters. The van der Waals surface area contributed by atoms with Gasteiger partial charge in [-0.05, 0) is 58.0 Å². The van der Waals surface area contributed by atoms with E-state index >= 15 is 0 Å². The van der Waals surface area contributed by atoms with E-state index < -0.39 is 5.97 Å². The summed E-state index contributed by atoms with van der Waals surface area (Å²) in [6, 6.07) is 13.1. The Morgan fingerprint density at radius 3 is 2.48 bits per heavy atom. The number of esters is 1. The van der Waals surface area contributed by atoms with Gasteiger partial charge in [-0.3, -0.25) is 9.78 Å². The molecule has 0 aliphatic carbocycles. The van der Waals surface area contributed by atoms with Crippen molar-refractivity contribution in [2.75, 3.05) is 11.9 Å². The zero-order valence-electron chi connectivity index (χ0n) is 17.1. The molecule has 0 saturated heterocycles. The molecule has 1 heterocycles. The van der Waals surface area contributed by atoms with Crippen molar-refractivity contribution in [2.45, 2.75) is 33.7 Å². The molecule has 3 aromatic rings. The monoisotopic (exact) mass is 391 g/mol. The largest absolute Gasteiger partial charge is 0.462 e. The van der Waals surface area contributed by atoms with Crippen LogP contribution < -0.4 is 10.6 Å². The molecule has 0 unspecified atom stereocenters. The van der Waals surface area contributed by atoms with Gasteiger partial charge in [0, 0.05) is 28.9 Å². The zero-order chi connectivity index (χ0) is 21.0. The van der Waals surface area contributed by atoms with Crippen molar-refractivity contribution in [3.05, 3.63) is 65.4 Å².